The molecule has 2 aromatic carbocycles. The van der Waals surface area contributed by atoms with Crippen molar-refractivity contribution < 1.29 is 40.3 Å². The van der Waals surface area contributed by atoms with E-state index in [0.717, 1.165) is 22.7 Å². The van der Waals surface area contributed by atoms with E-state index < -0.39 is 53.2 Å². The smallest absolute Gasteiger partial charge is 0.393 e. The van der Waals surface area contributed by atoms with Gasteiger partial charge in [-0.3, -0.25) is 9.20 Å². The van der Waals surface area contributed by atoms with Crippen molar-refractivity contribution in [1.82, 2.24) is 9.38 Å². The first-order valence-corrected chi connectivity index (χ1v) is 9.72. The third kappa shape index (κ3) is 5.00. The lowest BCUT2D eigenvalue weighted by Crippen LogP contribution is -2.09. The molecule has 0 bridgehead atoms. The Bertz CT molecular complexity index is 1430. The van der Waals surface area contributed by atoms with Gasteiger partial charge in [-0.2, -0.15) is 26.9 Å². The van der Waals surface area contributed by atoms with Crippen LogP contribution in [0.1, 0.15) is 21.5 Å². The number of ketones is 1. The van der Waals surface area contributed by atoms with Crippen LogP contribution in [0.4, 0.5) is 36.6 Å². The van der Waals surface area contributed by atoms with Gasteiger partial charge in [0.15, 0.2) is 11.6 Å². The van der Waals surface area contributed by atoms with E-state index >= 15 is 0 Å². The number of halogens is 7. The number of alkyl halides is 5. The van der Waals surface area contributed by atoms with Gasteiger partial charge in [-0.15, -0.1) is 4.39 Å². The second-order valence-electron chi connectivity index (χ2n) is 7.06. The van der Waals surface area contributed by atoms with Crippen molar-refractivity contribution in [3.8, 4) is 11.3 Å². The Morgan fingerprint density at radius 3 is 2.37 bits per heavy atom. The maximum atomic E-state index is 13.9. The molecule has 12 heteroatoms. The summed E-state index contributed by atoms with van der Waals surface area (Å²) in [7, 11) is 0. The Morgan fingerprint density at radius 2 is 1.71 bits per heavy atom. The summed E-state index contributed by atoms with van der Waals surface area (Å²) in [6.45, 7) is -3.59. The molecule has 35 heavy (non-hydrogen) atoms. The fraction of sp³-hybridized carbons (Fsp3) is 0.0870. The van der Waals surface area contributed by atoms with Crippen LogP contribution in [0.25, 0.3) is 16.9 Å². The number of aromatic nitrogens is 2. The van der Waals surface area contributed by atoms with Crippen molar-refractivity contribution in [1.29, 1.82) is 0 Å². The largest absolute Gasteiger partial charge is 0.417 e. The van der Waals surface area contributed by atoms with Crippen LogP contribution in [-0.2, 0) is 10.9 Å². The van der Waals surface area contributed by atoms with Crippen LogP contribution in [0.3, 0.4) is 0 Å². The first-order chi connectivity index (χ1) is 16.5. The van der Waals surface area contributed by atoms with Crippen LogP contribution in [0.2, 0.25) is 0 Å². The van der Waals surface area contributed by atoms with Crippen molar-refractivity contribution in [2.45, 2.75) is 12.8 Å². The van der Waals surface area contributed by atoms with Crippen LogP contribution in [0, 0.1) is 5.82 Å². The van der Waals surface area contributed by atoms with Gasteiger partial charge in [-0.05, 0) is 30.3 Å². The first-order valence-electron chi connectivity index (χ1n) is 9.72. The molecule has 4 rings (SSSR count). The number of aliphatic imine (C=N–C) groups is 1. The zero-order valence-electron chi connectivity index (χ0n) is 17.2. The number of imidazole rings is 1. The Balaban J connectivity index is 1.99. The minimum Gasteiger partial charge on any atom is -0.393 e. The summed E-state index contributed by atoms with van der Waals surface area (Å²) >= 11 is 0. The fourth-order valence-electron chi connectivity index (χ4n) is 3.39. The zero-order chi connectivity index (χ0) is 25.3. The maximum Gasteiger partial charge on any atom is 0.417 e. The van der Waals surface area contributed by atoms with Gasteiger partial charge in [0.05, 0.1) is 5.56 Å². The molecule has 5 nitrogen and oxygen atoms in total. The summed E-state index contributed by atoms with van der Waals surface area (Å²) in [5.74, 6) is -2.45. The van der Waals surface area contributed by atoms with Crippen LogP contribution < -0.4 is 0 Å². The van der Waals surface area contributed by atoms with Crippen molar-refractivity contribution >= 4 is 23.4 Å². The quantitative estimate of drug-likeness (QED) is 0.136. The molecular formula is C23H12F7N3O2. The zero-order valence-corrected chi connectivity index (χ0v) is 17.2. The molecule has 0 aliphatic rings. The molecule has 0 amide bonds. The summed E-state index contributed by atoms with van der Waals surface area (Å²) < 4.78 is 98.1. The summed E-state index contributed by atoms with van der Waals surface area (Å²) in [5, 5.41) is 0. The number of ether oxygens (including phenoxy) is 1. The molecule has 0 aliphatic heterocycles. The molecule has 2 heterocycles. The SMILES string of the molecule is O=C(c1ccccc1)c1ccc2nc(N=C(F)OC(F)F)c(-c3ccc(F)cc3C(F)(F)F)n2c1. The number of benzene rings is 2. The van der Waals surface area contributed by atoms with Gasteiger partial charge in [0, 0.05) is 22.9 Å². The number of hydrogen-bond donors (Lipinski definition) is 0. The highest BCUT2D eigenvalue weighted by molar-refractivity contribution is 6.09. The van der Waals surface area contributed by atoms with Gasteiger partial charge < -0.3 is 4.74 Å². The number of pyridine rings is 1. The van der Waals surface area contributed by atoms with Crippen molar-refractivity contribution in [2.75, 3.05) is 0 Å². The van der Waals surface area contributed by atoms with Gasteiger partial charge in [-0.1, -0.05) is 30.3 Å². The monoisotopic (exact) mass is 495 g/mol. The molecule has 180 valence electrons. The third-order valence-corrected chi connectivity index (χ3v) is 4.82. The third-order valence-electron chi connectivity index (χ3n) is 4.82. The van der Waals surface area contributed by atoms with Crippen molar-refractivity contribution in [3.63, 3.8) is 0 Å². The summed E-state index contributed by atoms with van der Waals surface area (Å²) in [4.78, 5) is 19.9. The molecule has 4 aromatic rings. The van der Waals surface area contributed by atoms with Crippen LogP contribution in [0.5, 0.6) is 0 Å². The number of hydrogen-bond acceptors (Lipinski definition) is 4. The first kappa shape index (κ1) is 23.9. The molecular weight excluding hydrogens is 483 g/mol. The van der Waals surface area contributed by atoms with E-state index in [9.17, 15) is 35.5 Å². The summed E-state index contributed by atoms with van der Waals surface area (Å²) in [6.07, 6.45) is -5.97. The van der Waals surface area contributed by atoms with E-state index in [1.54, 1.807) is 18.2 Å². The standard InChI is InChI=1S/C23H12F7N3O2/c24-14-7-8-15(16(10-14)23(28,29)30)18-20(32-22(27)35-21(25)26)31-17-9-6-13(11-33(17)18)19(34)12-4-2-1-3-5-12/h1-11,21H. The van der Waals surface area contributed by atoms with Crippen molar-refractivity contribution in [3.05, 3.63) is 89.4 Å². The molecule has 0 spiro atoms. The van der Waals surface area contributed by atoms with Gasteiger partial charge in [-0.25, -0.2) is 9.37 Å². The average molecular weight is 495 g/mol. The molecule has 0 N–H and O–H groups in total. The number of fused-ring (bicyclic) bond motifs is 1. The lowest BCUT2D eigenvalue weighted by Gasteiger charge is -2.14. The van der Waals surface area contributed by atoms with Crippen molar-refractivity contribution in [2.24, 2.45) is 4.99 Å². The molecule has 0 unspecified atom stereocenters. The average Bonchev–Trinajstić information content (AvgIpc) is 3.14. The second kappa shape index (κ2) is 9.20. The number of nitrogens with zero attached hydrogens (tertiary/aromatic N) is 3. The molecule has 0 radical (unpaired) electrons. The molecule has 2 aromatic heterocycles. The molecule has 0 saturated carbocycles. The molecule has 0 fully saturated rings. The van der Waals surface area contributed by atoms with E-state index in [0.29, 0.717) is 0 Å². The number of carbonyl (C=O) groups is 1. The minimum atomic E-state index is -5.06. The highest BCUT2D eigenvalue weighted by Gasteiger charge is 2.36. The topological polar surface area (TPSA) is 56.0 Å². The Morgan fingerprint density at radius 1 is 1.00 bits per heavy atom. The van der Waals surface area contributed by atoms with Crippen LogP contribution in [0.15, 0.2) is 71.9 Å². The second-order valence-corrected chi connectivity index (χ2v) is 7.06. The van der Waals surface area contributed by atoms with Gasteiger partial charge in [0.25, 0.3) is 0 Å². The van der Waals surface area contributed by atoms with E-state index in [-0.39, 0.29) is 22.8 Å². The number of carbonyl (C=O) groups excluding carboxylic acids is 1. The summed E-state index contributed by atoms with van der Waals surface area (Å²) in [5.41, 5.74) is -2.45. The predicted molar refractivity (Wildman–Crippen MR) is 111 cm³/mol. The van der Waals surface area contributed by atoms with Gasteiger partial charge in [0.2, 0.25) is 0 Å². The Hall–Kier alpha value is -4.22. The minimum absolute atomic E-state index is 0.0258. The Kier molecular flexibility index (Phi) is 6.29. The molecule has 0 aliphatic carbocycles. The Labute approximate surface area is 192 Å². The maximum absolute atomic E-state index is 13.9. The van der Waals surface area contributed by atoms with Crippen LogP contribution >= 0.6 is 0 Å². The number of rotatable bonds is 5. The van der Waals surface area contributed by atoms with Gasteiger partial charge in [0.1, 0.15) is 17.2 Å². The highest BCUT2D eigenvalue weighted by Crippen LogP contribution is 2.41. The predicted octanol–water partition coefficient (Wildman–Crippen LogP) is 6.59. The van der Waals surface area contributed by atoms with E-state index in [2.05, 4.69) is 14.7 Å². The van der Waals surface area contributed by atoms with Gasteiger partial charge >= 0.3 is 18.9 Å². The summed E-state index contributed by atoms with van der Waals surface area (Å²) in [6, 6.07) is 12.2. The van der Waals surface area contributed by atoms with E-state index in [1.807, 2.05) is 0 Å². The van der Waals surface area contributed by atoms with Crippen LogP contribution in [-0.4, -0.2) is 27.9 Å². The fourth-order valence-corrected chi connectivity index (χ4v) is 3.39. The van der Waals surface area contributed by atoms with E-state index in [1.165, 1.54) is 24.3 Å². The molecule has 0 saturated heterocycles. The lowest BCUT2D eigenvalue weighted by molar-refractivity contribution is -0.137. The molecule has 0 atom stereocenters. The highest BCUT2D eigenvalue weighted by atomic mass is 19.4. The normalized spacial score (nSPS) is 12.4. The van der Waals surface area contributed by atoms with E-state index in [4.69, 9.17) is 0 Å². The lowest BCUT2D eigenvalue weighted by atomic mass is 10.0.